The maximum Gasteiger partial charge on any atom is 0.205 e. The first kappa shape index (κ1) is 24.1. The molecule has 2 aromatic rings. The minimum absolute atomic E-state index is 0.0129. The molecule has 1 heterocycles. The number of ether oxygens (including phenoxy) is 2. The van der Waals surface area contributed by atoms with Gasteiger partial charge in [0.2, 0.25) is 9.04 Å². The quantitative estimate of drug-likeness (QED) is 0.390. The molecule has 29 heavy (non-hydrogen) atoms. The van der Waals surface area contributed by atoms with Crippen LogP contribution in [0.4, 0.5) is 0 Å². The average molecular weight is 434 g/mol. The molecule has 0 aliphatic rings. The van der Waals surface area contributed by atoms with Crippen molar-refractivity contribution >= 4 is 20.4 Å². The van der Waals surface area contributed by atoms with Gasteiger partial charge in [0.25, 0.3) is 0 Å². The monoisotopic (exact) mass is 433 g/mol. The molecule has 0 saturated carbocycles. The molecule has 1 atom stereocenters. The van der Waals surface area contributed by atoms with E-state index in [0.29, 0.717) is 6.61 Å². The van der Waals surface area contributed by atoms with E-state index >= 15 is 0 Å². The van der Waals surface area contributed by atoms with E-state index in [1.807, 2.05) is 6.07 Å². The molecule has 1 radical (unpaired) electrons. The lowest BCUT2D eigenvalue weighted by atomic mass is 9.84. The molecule has 0 amide bonds. The Kier molecular flexibility index (Phi) is 7.77. The van der Waals surface area contributed by atoms with Gasteiger partial charge >= 0.3 is 0 Å². The molecule has 0 fully saturated rings. The number of hydrogen-bond donors (Lipinski definition) is 0. The molecule has 1 unspecified atom stereocenters. The highest BCUT2D eigenvalue weighted by Gasteiger charge is 2.40. The zero-order chi connectivity index (χ0) is 21.9. The van der Waals surface area contributed by atoms with Gasteiger partial charge in [0.05, 0.1) is 12.7 Å². The molecule has 1 aromatic heterocycles. The van der Waals surface area contributed by atoms with Crippen LogP contribution < -0.4 is 4.74 Å². The van der Waals surface area contributed by atoms with Crippen LogP contribution in [0.25, 0.3) is 0 Å². The number of hydrogen-bond acceptors (Lipinski definition) is 4. The Morgan fingerprint density at radius 3 is 2.21 bits per heavy atom. The lowest BCUT2D eigenvalue weighted by Gasteiger charge is -2.41. The minimum Gasteiger partial charge on any atom is -0.485 e. The summed E-state index contributed by atoms with van der Waals surface area (Å²) in [6.45, 7) is 20.0. The summed E-state index contributed by atoms with van der Waals surface area (Å²) in [6, 6.07) is 10.4. The first-order valence-electron chi connectivity index (χ1n) is 10.2. The third-order valence-corrected chi connectivity index (χ3v) is 6.74. The van der Waals surface area contributed by atoms with Gasteiger partial charge in [0.1, 0.15) is 17.0 Å². The summed E-state index contributed by atoms with van der Waals surface area (Å²) in [5.74, 6) is 0.846. The maximum atomic E-state index is 6.48. The van der Waals surface area contributed by atoms with Crippen molar-refractivity contribution in [3.8, 4) is 5.75 Å². The molecular formula is C24H37O3SSi. The zero-order valence-corrected chi connectivity index (χ0v) is 21.3. The van der Waals surface area contributed by atoms with Gasteiger partial charge in [-0.2, -0.15) is 11.3 Å². The molecule has 1 aromatic carbocycles. The van der Waals surface area contributed by atoms with E-state index in [-0.39, 0.29) is 11.5 Å². The normalized spacial score (nSPS) is 14.3. The molecule has 161 valence electrons. The van der Waals surface area contributed by atoms with Crippen LogP contribution in [0, 0.1) is 5.41 Å². The summed E-state index contributed by atoms with van der Waals surface area (Å²) in [5, 5.41) is 4.20. The Labute approximate surface area is 183 Å². The van der Waals surface area contributed by atoms with Crippen LogP contribution in [-0.2, 0) is 15.8 Å². The van der Waals surface area contributed by atoms with Crippen LogP contribution in [0.5, 0.6) is 5.75 Å². The molecule has 0 bridgehead atoms. The molecule has 0 saturated heterocycles. The molecule has 0 N–H and O–H groups in total. The Balaban J connectivity index is 2.18. The largest absolute Gasteiger partial charge is 0.485 e. The van der Waals surface area contributed by atoms with Gasteiger partial charge < -0.3 is 13.9 Å². The Morgan fingerprint density at radius 2 is 1.66 bits per heavy atom. The van der Waals surface area contributed by atoms with Crippen molar-refractivity contribution in [2.45, 2.75) is 85.5 Å². The van der Waals surface area contributed by atoms with Crippen LogP contribution in [0.3, 0.4) is 0 Å². The fourth-order valence-electron chi connectivity index (χ4n) is 2.95. The number of benzene rings is 1. The average Bonchev–Trinajstić information content (AvgIpc) is 3.10. The smallest absolute Gasteiger partial charge is 0.205 e. The van der Waals surface area contributed by atoms with E-state index in [4.69, 9.17) is 13.9 Å². The Hall–Kier alpha value is -1.14. The highest BCUT2D eigenvalue weighted by atomic mass is 32.1. The van der Waals surface area contributed by atoms with Crippen molar-refractivity contribution < 1.29 is 13.9 Å². The lowest BCUT2D eigenvalue weighted by molar-refractivity contribution is -0.141. The third kappa shape index (κ3) is 6.68. The summed E-state index contributed by atoms with van der Waals surface area (Å²) in [7, 11) is -0.822. The third-order valence-electron chi connectivity index (χ3n) is 5.30. The van der Waals surface area contributed by atoms with Crippen molar-refractivity contribution in [3.05, 3.63) is 52.2 Å². The van der Waals surface area contributed by atoms with Crippen LogP contribution in [0.15, 0.2) is 41.1 Å². The fraction of sp³-hybridized carbons (Fsp3) is 0.583. The van der Waals surface area contributed by atoms with Gasteiger partial charge in [-0.1, -0.05) is 32.9 Å². The second-order valence-electron chi connectivity index (χ2n) is 9.89. The molecule has 2 rings (SSSR count). The summed E-state index contributed by atoms with van der Waals surface area (Å²) < 4.78 is 19.1. The van der Waals surface area contributed by atoms with Crippen LogP contribution in [-0.4, -0.2) is 20.2 Å². The predicted molar refractivity (Wildman–Crippen MR) is 125 cm³/mol. The van der Waals surface area contributed by atoms with Crippen molar-refractivity contribution in [1.82, 2.24) is 0 Å². The van der Waals surface area contributed by atoms with E-state index in [1.54, 1.807) is 11.3 Å². The first-order valence-corrected chi connectivity index (χ1v) is 13.6. The number of rotatable bonds is 9. The first-order chi connectivity index (χ1) is 13.3. The highest BCUT2D eigenvalue weighted by Crippen LogP contribution is 2.39. The van der Waals surface area contributed by atoms with E-state index < -0.39 is 20.2 Å². The second-order valence-corrected chi connectivity index (χ2v) is 12.7. The molecule has 5 heteroatoms. The molecule has 0 aliphatic carbocycles. The molecule has 0 spiro atoms. The van der Waals surface area contributed by atoms with Crippen LogP contribution >= 0.6 is 11.3 Å². The maximum absolute atomic E-state index is 6.48. The summed E-state index contributed by atoms with van der Waals surface area (Å²) in [6.07, 6.45) is 0.0425. The topological polar surface area (TPSA) is 27.7 Å². The van der Waals surface area contributed by atoms with Gasteiger partial charge in [-0.3, -0.25) is 0 Å². The van der Waals surface area contributed by atoms with E-state index in [2.05, 4.69) is 96.6 Å². The zero-order valence-electron chi connectivity index (χ0n) is 19.5. The van der Waals surface area contributed by atoms with Gasteiger partial charge in [-0.25, -0.2) is 0 Å². The molecular weight excluding hydrogens is 396 g/mol. The minimum atomic E-state index is -0.822. The van der Waals surface area contributed by atoms with Gasteiger partial charge in [0, 0.05) is 0 Å². The highest BCUT2D eigenvalue weighted by molar-refractivity contribution is 7.07. The van der Waals surface area contributed by atoms with Crippen molar-refractivity contribution in [2.75, 3.05) is 0 Å². The van der Waals surface area contributed by atoms with Crippen molar-refractivity contribution in [2.24, 2.45) is 5.41 Å². The second kappa shape index (κ2) is 9.34. The Morgan fingerprint density at radius 1 is 0.966 bits per heavy atom. The van der Waals surface area contributed by atoms with Crippen molar-refractivity contribution in [3.63, 3.8) is 0 Å². The summed E-state index contributed by atoms with van der Waals surface area (Å²) >= 11 is 1.69. The van der Waals surface area contributed by atoms with Gasteiger partial charge in [-0.05, 0) is 86.3 Å². The van der Waals surface area contributed by atoms with Crippen LogP contribution in [0.1, 0.15) is 65.7 Å². The van der Waals surface area contributed by atoms with E-state index in [1.165, 1.54) is 5.56 Å². The lowest BCUT2D eigenvalue weighted by Crippen LogP contribution is -2.51. The SMILES string of the molecule is C[Si](C)OC(c1cccc(OC(C)(C)C(C)(C)OCc2ccsc2)c1)C(C)(C)C. The standard InChI is InChI=1S/C24H37O3SSi/c1-22(2,3)21(27-29(8)9)19-11-10-12-20(15-19)26-24(6,7)23(4,5)25-16-18-13-14-28-17-18/h10-15,17,21H,16H2,1-9H3. The van der Waals surface area contributed by atoms with E-state index in [9.17, 15) is 0 Å². The molecule has 3 nitrogen and oxygen atoms in total. The van der Waals surface area contributed by atoms with Gasteiger partial charge in [0.15, 0.2) is 0 Å². The fourth-order valence-corrected chi connectivity index (χ4v) is 4.57. The summed E-state index contributed by atoms with van der Waals surface area (Å²) in [5.41, 5.74) is 1.40. The summed E-state index contributed by atoms with van der Waals surface area (Å²) in [4.78, 5) is 0. The molecule has 0 aliphatic heterocycles. The Bertz CT molecular complexity index is 761. The van der Waals surface area contributed by atoms with E-state index in [0.717, 1.165) is 11.3 Å². The van der Waals surface area contributed by atoms with Crippen LogP contribution in [0.2, 0.25) is 13.1 Å². The van der Waals surface area contributed by atoms with Crippen molar-refractivity contribution in [1.29, 1.82) is 0 Å². The predicted octanol–water partition coefficient (Wildman–Crippen LogP) is 7.26. The number of thiophene rings is 1. The van der Waals surface area contributed by atoms with Gasteiger partial charge in [-0.15, -0.1) is 0 Å².